The minimum Gasteiger partial charge on any atom is -0.454 e. The van der Waals surface area contributed by atoms with E-state index in [0.29, 0.717) is 17.1 Å². The number of rotatable bonds is 5. The molecule has 0 amide bonds. The first-order valence-electron chi connectivity index (χ1n) is 6.50. The number of ether oxygens (including phenoxy) is 2. The summed E-state index contributed by atoms with van der Waals surface area (Å²) in [5.41, 5.74) is 0.680. The molecule has 4 nitrogen and oxygen atoms in total. The summed E-state index contributed by atoms with van der Waals surface area (Å²) < 4.78 is 10.5. The van der Waals surface area contributed by atoms with E-state index in [9.17, 15) is 10.1 Å². The van der Waals surface area contributed by atoms with Crippen molar-refractivity contribution in [3.8, 4) is 17.6 Å². The van der Waals surface area contributed by atoms with E-state index in [1.165, 1.54) is 0 Å². The lowest BCUT2D eigenvalue weighted by atomic mass is 9.87. The number of benzene rings is 1. The van der Waals surface area contributed by atoms with Gasteiger partial charge < -0.3 is 9.47 Å². The molecule has 1 aromatic carbocycles. The highest BCUT2D eigenvalue weighted by Crippen LogP contribution is 2.35. The van der Waals surface area contributed by atoms with Crippen LogP contribution in [0.4, 0.5) is 0 Å². The molecule has 2 atom stereocenters. The van der Waals surface area contributed by atoms with Crippen LogP contribution >= 0.6 is 0 Å². The van der Waals surface area contributed by atoms with Gasteiger partial charge in [0.05, 0.1) is 6.07 Å². The van der Waals surface area contributed by atoms with Gasteiger partial charge >= 0.3 is 0 Å². The quantitative estimate of drug-likeness (QED) is 0.815. The van der Waals surface area contributed by atoms with Crippen LogP contribution in [0.3, 0.4) is 0 Å². The Hall–Kier alpha value is -2.02. The van der Waals surface area contributed by atoms with E-state index in [1.807, 2.05) is 13.8 Å². The molecule has 0 aromatic heterocycles. The van der Waals surface area contributed by atoms with E-state index >= 15 is 0 Å². The predicted molar refractivity (Wildman–Crippen MR) is 70.0 cm³/mol. The van der Waals surface area contributed by atoms with Crippen molar-refractivity contribution in [2.24, 2.45) is 5.92 Å². The number of nitriles is 1. The van der Waals surface area contributed by atoms with Crippen molar-refractivity contribution in [3.05, 3.63) is 23.8 Å². The Balaban J connectivity index is 2.23. The maximum atomic E-state index is 12.3. The smallest absolute Gasteiger partial charge is 0.231 e. The Bertz CT molecular complexity index is 519. The van der Waals surface area contributed by atoms with Crippen LogP contribution in [0, 0.1) is 17.2 Å². The SMILES string of the molecule is CCCC(C)C(=O)C(C#N)c1ccc2c(c1)OCO2. The van der Waals surface area contributed by atoms with Crippen LogP contribution < -0.4 is 9.47 Å². The summed E-state index contributed by atoms with van der Waals surface area (Å²) in [7, 11) is 0. The van der Waals surface area contributed by atoms with Crippen LogP contribution in [0.5, 0.6) is 11.5 Å². The largest absolute Gasteiger partial charge is 0.454 e. The zero-order valence-electron chi connectivity index (χ0n) is 11.2. The highest BCUT2D eigenvalue weighted by Gasteiger charge is 2.26. The molecular weight excluding hydrogens is 242 g/mol. The second kappa shape index (κ2) is 5.75. The van der Waals surface area contributed by atoms with Crippen molar-refractivity contribution in [2.45, 2.75) is 32.6 Å². The van der Waals surface area contributed by atoms with Crippen LogP contribution in [0.1, 0.15) is 38.2 Å². The standard InChI is InChI=1S/C15H17NO3/c1-3-4-10(2)15(17)12(8-16)11-5-6-13-14(7-11)19-9-18-13/h5-7,10,12H,3-4,9H2,1-2H3. The first kappa shape index (κ1) is 13.4. The number of hydrogen-bond acceptors (Lipinski definition) is 4. The van der Waals surface area contributed by atoms with Gasteiger partial charge in [0, 0.05) is 5.92 Å². The van der Waals surface area contributed by atoms with Crippen molar-refractivity contribution in [3.63, 3.8) is 0 Å². The lowest BCUT2D eigenvalue weighted by Gasteiger charge is -2.14. The molecule has 100 valence electrons. The van der Waals surface area contributed by atoms with Crippen LogP contribution in [0.15, 0.2) is 18.2 Å². The third-order valence-electron chi connectivity index (χ3n) is 3.35. The molecule has 2 unspecified atom stereocenters. The third kappa shape index (κ3) is 2.70. The van der Waals surface area contributed by atoms with Gasteiger partial charge in [0.25, 0.3) is 0 Å². The fourth-order valence-corrected chi connectivity index (χ4v) is 2.25. The van der Waals surface area contributed by atoms with Gasteiger partial charge in [-0.25, -0.2) is 0 Å². The van der Waals surface area contributed by atoms with Gasteiger partial charge in [-0.05, 0) is 24.1 Å². The highest BCUT2D eigenvalue weighted by atomic mass is 16.7. The average molecular weight is 259 g/mol. The van der Waals surface area contributed by atoms with Crippen LogP contribution in [-0.4, -0.2) is 12.6 Å². The Labute approximate surface area is 112 Å². The van der Waals surface area contributed by atoms with Gasteiger partial charge in [0.15, 0.2) is 17.3 Å². The average Bonchev–Trinajstić information content (AvgIpc) is 2.87. The first-order chi connectivity index (χ1) is 9.17. The summed E-state index contributed by atoms with van der Waals surface area (Å²) in [5.74, 6) is 0.419. The normalized spacial score (nSPS) is 15.6. The molecule has 0 fully saturated rings. The second-order valence-electron chi connectivity index (χ2n) is 4.77. The van der Waals surface area contributed by atoms with Gasteiger partial charge in [-0.2, -0.15) is 5.26 Å². The Morgan fingerprint density at radius 1 is 1.42 bits per heavy atom. The Kier molecular flexibility index (Phi) is 4.06. The molecule has 0 aliphatic carbocycles. The van der Waals surface area contributed by atoms with E-state index in [-0.39, 0.29) is 18.5 Å². The number of Topliss-reactive ketones (excluding diaryl/α,β-unsaturated/α-hetero) is 1. The molecule has 0 saturated carbocycles. The van der Waals surface area contributed by atoms with Gasteiger partial charge in [-0.3, -0.25) is 4.79 Å². The van der Waals surface area contributed by atoms with Crippen molar-refractivity contribution in [2.75, 3.05) is 6.79 Å². The van der Waals surface area contributed by atoms with Crippen LogP contribution in [0.25, 0.3) is 0 Å². The monoisotopic (exact) mass is 259 g/mol. The first-order valence-corrected chi connectivity index (χ1v) is 6.50. The number of fused-ring (bicyclic) bond motifs is 1. The van der Waals surface area contributed by atoms with E-state index in [0.717, 1.165) is 12.8 Å². The summed E-state index contributed by atoms with van der Waals surface area (Å²) >= 11 is 0. The van der Waals surface area contributed by atoms with Crippen molar-refractivity contribution in [1.29, 1.82) is 5.26 Å². The molecule has 0 radical (unpaired) electrons. The van der Waals surface area contributed by atoms with Gasteiger partial charge in [0.2, 0.25) is 6.79 Å². The molecule has 0 spiro atoms. The number of ketones is 1. The summed E-state index contributed by atoms with van der Waals surface area (Å²) in [6.45, 7) is 4.10. The van der Waals surface area contributed by atoms with E-state index in [2.05, 4.69) is 6.07 Å². The van der Waals surface area contributed by atoms with Gasteiger partial charge in [0.1, 0.15) is 5.92 Å². The minimum absolute atomic E-state index is 0.0248. The van der Waals surface area contributed by atoms with Gasteiger partial charge in [-0.15, -0.1) is 0 Å². The molecule has 0 saturated heterocycles. The second-order valence-corrected chi connectivity index (χ2v) is 4.77. The zero-order chi connectivity index (χ0) is 13.8. The molecule has 0 bridgehead atoms. The Morgan fingerprint density at radius 3 is 2.84 bits per heavy atom. The van der Waals surface area contributed by atoms with Crippen LogP contribution in [0.2, 0.25) is 0 Å². The summed E-state index contributed by atoms with van der Waals surface area (Å²) in [4.78, 5) is 12.3. The Morgan fingerprint density at radius 2 is 2.16 bits per heavy atom. The fourth-order valence-electron chi connectivity index (χ4n) is 2.25. The topological polar surface area (TPSA) is 59.3 Å². The van der Waals surface area contributed by atoms with Crippen molar-refractivity contribution in [1.82, 2.24) is 0 Å². The molecule has 1 heterocycles. The molecular formula is C15H17NO3. The minimum atomic E-state index is -0.726. The molecule has 1 aliphatic rings. The van der Waals surface area contributed by atoms with Crippen molar-refractivity contribution >= 4 is 5.78 Å². The number of carbonyl (C=O) groups excluding carboxylic acids is 1. The number of carbonyl (C=O) groups is 1. The lowest BCUT2D eigenvalue weighted by molar-refractivity contribution is -0.122. The number of nitrogens with zero attached hydrogens (tertiary/aromatic N) is 1. The molecule has 19 heavy (non-hydrogen) atoms. The summed E-state index contributed by atoms with van der Waals surface area (Å²) in [6.07, 6.45) is 1.74. The summed E-state index contributed by atoms with van der Waals surface area (Å²) in [5, 5.41) is 9.27. The molecule has 1 aliphatic heterocycles. The highest BCUT2D eigenvalue weighted by molar-refractivity contribution is 5.90. The molecule has 0 N–H and O–H groups in total. The van der Waals surface area contributed by atoms with Crippen molar-refractivity contribution < 1.29 is 14.3 Å². The maximum absolute atomic E-state index is 12.3. The lowest BCUT2D eigenvalue weighted by Crippen LogP contribution is -2.19. The third-order valence-corrected chi connectivity index (χ3v) is 3.35. The number of hydrogen-bond donors (Lipinski definition) is 0. The predicted octanol–water partition coefficient (Wildman–Crippen LogP) is 3.03. The summed E-state index contributed by atoms with van der Waals surface area (Å²) in [6, 6.07) is 7.34. The van der Waals surface area contributed by atoms with E-state index < -0.39 is 5.92 Å². The molecule has 4 heteroatoms. The zero-order valence-corrected chi connectivity index (χ0v) is 11.2. The maximum Gasteiger partial charge on any atom is 0.231 e. The van der Waals surface area contributed by atoms with E-state index in [4.69, 9.17) is 9.47 Å². The molecule has 1 aromatic rings. The van der Waals surface area contributed by atoms with Crippen LogP contribution in [-0.2, 0) is 4.79 Å². The van der Waals surface area contributed by atoms with E-state index in [1.54, 1.807) is 18.2 Å². The molecule has 2 rings (SSSR count). The fraction of sp³-hybridized carbons (Fsp3) is 0.467. The van der Waals surface area contributed by atoms with Gasteiger partial charge in [-0.1, -0.05) is 26.3 Å².